The number of anilines is 1. The Morgan fingerprint density at radius 2 is 1.92 bits per heavy atom. The smallest absolute Gasteiger partial charge is 0.303 e. The number of carboxylic acids is 1. The van der Waals surface area contributed by atoms with Gasteiger partial charge in [0, 0.05) is 12.1 Å². The molecule has 2 N–H and O–H groups in total. The molecule has 1 amide bonds. The molecule has 1 aliphatic heterocycles. The number of amides is 1. The fraction of sp³-hybridized carbons (Fsp3) is 0.300. The molecule has 26 heavy (non-hydrogen) atoms. The highest BCUT2D eigenvalue weighted by molar-refractivity contribution is 8.00. The van der Waals surface area contributed by atoms with Crippen molar-refractivity contribution in [1.29, 1.82) is 0 Å². The van der Waals surface area contributed by atoms with Gasteiger partial charge in [0.1, 0.15) is 11.0 Å². The molecule has 0 fully saturated rings. The third-order valence-corrected chi connectivity index (χ3v) is 5.40. The van der Waals surface area contributed by atoms with Gasteiger partial charge in [-0.3, -0.25) is 9.59 Å². The molecule has 0 saturated carbocycles. The molecule has 2 aromatic rings. The van der Waals surface area contributed by atoms with Crippen LogP contribution in [-0.2, 0) is 16.0 Å². The first-order valence-corrected chi connectivity index (χ1v) is 9.63. The maximum absolute atomic E-state index is 12.7. The van der Waals surface area contributed by atoms with Crippen molar-refractivity contribution >= 4 is 29.3 Å². The summed E-state index contributed by atoms with van der Waals surface area (Å²) in [5, 5.41) is 11.4. The molecule has 0 bridgehead atoms. The lowest BCUT2D eigenvalue weighted by Crippen LogP contribution is -2.23. The van der Waals surface area contributed by atoms with E-state index in [4.69, 9.17) is 9.84 Å². The normalized spacial score (nSPS) is 15.8. The van der Waals surface area contributed by atoms with E-state index in [1.54, 1.807) is 36.0 Å². The lowest BCUT2D eigenvalue weighted by molar-refractivity contribution is -0.137. The quantitative estimate of drug-likeness (QED) is 0.722. The number of benzene rings is 2. The average Bonchev–Trinajstić information content (AvgIpc) is 2.66. The molecular formula is C20H21NO4S. The van der Waals surface area contributed by atoms with E-state index < -0.39 is 5.97 Å². The molecule has 6 heteroatoms. The zero-order valence-corrected chi connectivity index (χ0v) is 15.1. The number of fused-ring (bicyclic) bond motifs is 1. The Kier molecular flexibility index (Phi) is 6.17. The summed E-state index contributed by atoms with van der Waals surface area (Å²) in [5.41, 5.74) is 3.06. The first kappa shape index (κ1) is 18.3. The summed E-state index contributed by atoms with van der Waals surface area (Å²) in [4.78, 5) is 23.1. The highest BCUT2D eigenvalue weighted by Gasteiger charge is 2.26. The van der Waals surface area contributed by atoms with E-state index in [1.165, 1.54) is 5.56 Å². The molecule has 0 saturated heterocycles. The number of nitrogens with one attached hydrogen (secondary N) is 1. The van der Waals surface area contributed by atoms with Gasteiger partial charge in [-0.25, -0.2) is 0 Å². The van der Waals surface area contributed by atoms with Gasteiger partial charge in [0.2, 0.25) is 5.91 Å². The minimum atomic E-state index is -0.825. The summed E-state index contributed by atoms with van der Waals surface area (Å²) in [6.45, 7) is 0.355. The minimum absolute atomic E-state index is 0.0164. The molecular weight excluding hydrogens is 350 g/mol. The van der Waals surface area contributed by atoms with Crippen molar-refractivity contribution in [1.82, 2.24) is 0 Å². The predicted octanol–water partition coefficient (Wildman–Crippen LogP) is 3.90. The first-order valence-electron chi connectivity index (χ1n) is 8.58. The van der Waals surface area contributed by atoms with Crippen molar-refractivity contribution in [3.8, 4) is 5.75 Å². The number of thioether (sulfide) groups is 1. The largest absolute Gasteiger partial charge is 0.494 e. The summed E-state index contributed by atoms with van der Waals surface area (Å²) < 4.78 is 5.50. The van der Waals surface area contributed by atoms with E-state index >= 15 is 0 Å². The van der Waals surface area contributed by atoms with E-state index in [1.807, 2.05) is 18.2 Å². The Morgan fingerprint density at radius 3 is 2.69 bits per heavy atom. The fourth-order valence-electron chi connectivity index (χ4n) is 2.87. The number of carbonyl (C=O) groups excluding carboxylic acids is 1. The van der Waals surface area contributed by atoms with Crippen LogP contribution in [0.5, 0.6) is 5.75 Å². The third kappa shape index (κ3) is 4.79. The Bertz CT molecular complexity index is 776. The molecule has 0 radical (unpaired) electrons. The monoisotopic (exact) mass is 371 g/mol. The Morgan fingerprint density at radius 1 is 1.15 bits per heavy atom. The molecule has 1 aliphatic rings. The number of rotatable bonds is 7. The van der Waals surface area contributed by atoms with E-state index in [2.05, 4.69) is 11.4 Å². The van der Waals surface area contributed by atoms with Gasteiger partial charge in [0.25, 0.3) is 0 Å². The molecule has 3 rings (SSSR count). The Hall–Kier alpha value is -2.47. The average molecular weight is 371 g/mol. The first-order chi connectivity index (χ1) is 12.6. The van der Waals surface area contributed by atoms with Gasteiger partial charge < -0.3 is 15.2 Å². The fourth-order valence-corrected chi connectivity index (χ4v) is 4.06. The maximum atomic E-state index is 12.7. The summed E-state index contributed by atoms with van der Waals surface area (Å²) >= 11 is 1.67. The molecule has 1 atom stereocenters. The van der Waals surface area contributed by atoms with Crippen LogP contribution in [0.3, 0.4) is 0 Å². The molecule has 1 unspecified atom stereocenters. The number of hydrogen-bond donors (Lipinski definition) is 2. The number of aliphatic carboxylic acids is 1. The number of carboxylic acid groups (broad SMARTS) is 1. The molecule has 5 nitrogen and oxygen atoms in total. The summed E-state index contributed by atoms with van der Waals surface area (Å²) in [5.74, 6) is 0.759. The van der Waals surface area contributed by atoms with E-state index in [-0.39, 0.29) is 17.6 Å². The van der Waals surface area contributed by atoms with Crippen LogP contribution in [0.4, 0.5) is 5.69 Å². The van der Waals surface area contributed by atoms with Crippen molar-refractivity contribution in [3.63, 3.8) is 0 Å². The minimum Gasteiger partial charge on any atom is -0.494 e. The summed E-state index contributed by atoms with van der Waals surface area (Å²) in [7, 11) is 0. The van der Waals surface area contributed by atoms with Gasteiger partial charge in [-0.2, -0.15) is 0 Å². The van der Waals surface area contributed by atoms with Gasteiger partial charge >= 0.3 is 5.97 Å². The third-order valence-electron chi connectivity index (χ3n) is 4.16. The van der Waals surface area contributed by atoms with Gasteiger partial charge in [-0.15, -0.1) is 11.8 Å². The standard InChI is InChI=1S/C20H21NO4S/c22-18(23)6-3-12-25-16-9-7-15(8-10-16)21-20(24)19-17-5-2-1-4-14(17)11-13-26-19/h1-2,4-5,7-10,19H,3,6,11-13H2,(H,21,24)(H,22,23). The van der Waals surface area contributed by atoms with Crippen molar-refractivity contribution in [2.45, 2.75) is 24.5 Å². The zero-order chi connectivity index (χ0) is 18.4. The molecule has 0 aromatic heterocycles. The maximum Gasteiger partial charge on any atom is 0.303 e. The van der Waals surface area contributed by atoms with Gasteiger partial charge in [0.05, 0.1) is 6.61 Å². The van der Waals surface area contributed by atoms with Gasteiger partial charge in [-0.05, 0) is 54.0 Å². The molecule has 2 aromatic carbocycles. The molecule has 0 spiro atoms. The van der Waals surface area contributed by atoms with Crippen molar-refractivity contribution in [2.24, 2.45) is 0 Å². The zero-order valence-electron chi connectivity index (χ0n) is 14.3. The number of carbonyl (C=O) groups is 2. The van der Waals surface area contributed by atoms with Crippen LogP contribution < -0.4 is 10.1 Å². The van der Waals surface area contributed by atoms with Crippen LogP contribution in [-0.4, -0.2) is 29.3 Å². The predicted molar refractivity (Wildman–Crippen MR) is 103 cm³/mol. The Balaban J connectivity index is 1.56. The van der Waals surface area contributed by atoms with Crippen LogP contribution in [0, 0.1) is 0 Å². The topological polar surface area (TPSA) is 75.6 Å². The number of hydrogen-bond acceptors (Lipinski definition) is 4. The highest BCUT2D eigenvalue weighted by Crippen LogP contribution is 2.37. The van der Waals surface area contributed by atoms with Crippen LogP contribution in [0.1, 0.15) is 29.2 Å². The lowest BCUT2D eigenvalue weighted by Gasteiger charge is -2.24. The second-order valence-corrected chi connectivity index (χ2v) is 7.27. The van der Waals surface area contributed by atoms with E-state index in [0.717, 1.165) is 23.4 Å². The van der Waals surface area contributed by atoms with Crippen molar-refractivity contribution < 1.29 is 19.4 Å². The van der Waals surface area contributed by atoms with Crippen LogP contribution in [0.25, 0.3) is 0 Å². The number of aryl methyl sites for hydroxylation is 1. The van der Waals surface area contributed by atoms with Crippen LogP contribution >= 0.6 is 11.8 Å². The SMILES string of the molecule is O=C(O)CCCOc1ccc(NC(=O)C2SCCc3ccccc32)cc1. The van der Waals surface area contributed by atoms with Crippen molar-refractivity contribution in [3.05, 3.63) is 59.7 Å². The summed E-state index contributed by atoms with van der Waals surface area (Å²) in [6, 6.07) is 15.2. The van der Waals surface area contributed by atoms with E-state index in [0.29, 0.717) is 18.8 Å². The van der Waals surface area contributed by atoms with Crippen molar-refractivity contribution in [2.75, 3.05) is 17.7 Å². The van der Waals surface area contributed by atoms with Gasteiger partial charge in [-0.1, -0.05) is 24.3 Å². The molecule has 0 aliphatic carbocycles. The highest BCUT2D eigenvalue weighted by atomic mass is 32.2. The van der Waals surface area contributed by atoms with Gasteiger partial charge in [0.15, 0.2) is 0 Å². The van der Waals surface area contributed by atoms with Crippen LogP contribution in [0.2, 0.25) is 0 Å². The second kappa shape index (κ2) is 8.76. The van der Waals surface area contributed by atoms with E-state index in [9.17, 15) is 9.59 Å². The second-order valence-electron chi connectivity index (χ2n) is 6.06. The van der Waals surface area contributed by atoms with Crippen LogP contribution in [0.15, 0.2) is 48.5 Å². The molecule has 1 heterocycles. The Labute approximate surface area is 156 Å². The summed E-state index contributed by atoms with van der Waals surface area (Å²) in [6.07, 6.45) is 1.55. The molecule has 136 valence electrons. The number of ether oxygens (including phenoxy) is 1. The lowest BCUT2D eigenvalue weighted by atomic mass is 10.0.